The van der Waals surface area contributed by atoms with Crippen LogP contribution in [0.4, 0.5) is 10.1 Å². The number of halogens is 1. The number of nitrogens with zero attached hydrogens (tertiary/aromatic N) is 1. The Bertz CT molecular complexity index is 764. The van der Waals surface area contributed by atoms with Crippen molar-refractivity contribution in [3.8, 4) is 5.75 Å². The number of nitrogens with one attached hydrogen (secondary N) is 1. The van der Waals surface area contributed by atoms with Crippen LogP contribution >= 0.6 is 11.8 Å². The first-order valence-corrected chi connectivity index (χ1v) is 9.69. The summed E-state index contributed by atoms with van der Waals surface area (Å²) in [5.74, 6) is 0.155. The molecule has 2 aromatic carbocycles. The molecule has 5 nitrogen and oxygen atoms in total. The summed E-state index contributed by atoms with van der Waals surface area (Å²) in [5, 5.41) is 2.79. The smallest absolute Gasteiger partial charge is 0.260 e. The number of ether oxygens (including phenoxy) is 1. The second-order valence-corrected chi connectivity index (χ2v) is 6.72. The van der Waals surface area contributed by atoms with Crippen molar-refractivity contribution in [2.75, 3.05) is 30.8 Å². The minimum absolute atomic E-state index is 0.0422. The molecule has 0 aromatic heterocycles. The van der Waals surface area contributed by atoms with Crippen LogP contribution in [0.25, 0.3) is 0 Å². The van der Waals surface area contributed by atoms with Crippen molar-refractivity contribution in [3.63, 3.8) is 0 Å². The van der Waals surface area contributed by atoms with Crippen LogP contribution in [-0.4, -0.2) is 42.2 Å². The molecule has 2 amide bonds. The minimum atomic E-state index is -0.305. The van der Waals surface area contributed by atoms with Gasteiger partial charge in [0, 0.05) is 29.7 Å². The van der Waals surface area contributed by atoms with Crippen LogP contribution in [0.15, 0.2) is 53.4 Å². The molecular weight excluding hydrogens is 367 g/mol. The summed E-state index contributed by atoms with van der Waals surface area (Å²) >= 11 is 1.32. The lowest BCUT2D eigenvalue weighted by molar-refractivity contribution is -0.133. The van der Waals surface area contributed by atoms with E-state index in [1.807, 2.05) is 13.8 Å². The topological polar surface area (TPSA) is 58.6 Å². The fourth-order valence-corrected chi connectivity index (χ4v) is 3.05. The molecule has 0 aliphatic rings. The summed E-state index contributed by atoms with van der Waals surface area (Å²) in [5.41, 5.74) is 0.590. The van der Waals surface area contributed by atoms with Crippen LogP contribution in [0, 0.1) is 5.82 Å². The number of likely N-dealkylation sites (N-methyl/N-ethyl adjacent to an activating group) is 1. The van der Waals surface area contributed by atoms with Gasteiger partial charge in [0.05, 0.1) is 5.75 Å². The molecule has 144 valence electrons. The van der Waals surface area contributed by atoms with E-state index in [-0.39, 0.29) is 30.0 Å². The van der Waals surface area contributed by atoms with E-state index in [9.17, 15) is 14.0 Å². The second-order valence-electron chi connectivity index (χ2n) is 5.67. The van der Waals surface area contributed by atoms with Gasteiger partial charge in [-0.2, -0.15) is 0 Å². The highest BCUT2D eigenvalue weighted by atomic mass is 32.2. The Morgan fingerprint density at radius 1 is 1.11 bits per heavy atom. The zero-order valence-corrected chi connectivity index (χ0v) is 16.2. The van der Waals surface area contributed by atoms with Gasteiger partial charge in [-0.15, -0.1) is 11.8 Å². The van der Waals surface area contributed by atoms with Crippen molar-refractivity contribution in [3.05, 3.63) is 54.3 Å². The summed E-state index contributed by atoms with van der Waals surface area (Å²) < 4.78 is 18.4. The third-order valence-corrected chi connectivity index (χ3v) is 4.79. The molecule has 0 saturated carbocycles. The summed E-state index contributed by atoms with van der Waals surface area (Å²) in [4.78, 5) is 26.6. The molecule has 0 spiro atoms. The molecule has 0 fully saturated rings. The van der Waals surface area contributed by atoms with Gasteiger partial charge in [-0.3, -0.25) is 9.59 Å². The number of carbonyl (C=O) groups is 2. The fraction of sp³-hybridized carbons (Fsp3) is 0.300. The van der Waals surface area contributed by atoms with Crippen LogP contribution in [0.3, 0.4) is 0 Å². The number of benzene rings is 2. The number of hydrogen-bond donors (Lipinski definition) is 1. The Hall–Kier alpha value is -2.54. The van der Waals surface area contributed by atoms with Gasteiger partial charge >= 0.3 is 0 Å². The highest BCUT2D eigenvalue weighted by Gasteiger charge is 2.10. The molecule has 0 unspecified atom stereocenters. The molecule has 0 aliphatic carbocycles. The molecule has 1 N–H and O–H groups in total. The van der Waals surface area contributed by atoms with Gasteiger partial charge in [-0.25, -0.2) is 4.39 Å². The zero-order chi connectivity index (χ0) is 19.6. The van der Waals surface area contributed by atoms with Crippen molar-refractivity contribution in [1.29, 1.82) is 0 Å². The SMILES string of the molecule is CCN(CC)C(=O)COc1cccc(NC(=O)CSc2ccc(F)cc2)c1. The Kier molecular flexibility index (Phi) is 8.13. The summed E-state index contributed by atoms with van der Waals surface area (Å²) in [6, 6.07) is 12.9. The predicted octanol–water partition coefficient (Wildman–Crippen LogP) is 3.80. The van der Waals surface area contributed by atoms with Crippen molar-refractivity contribution >= 4 is 29.3 Å². The molecule has 2 rings (SSSR count). The largest absolute Gasteiger partial charge is 0.484 e. The Morgan fingerprint density at radius 2 is 1.81 bits per heavy atom. The van der Waals surface area contributed by atoms with E-state index in [2.05, 4.69) is 5.32 Å². The molecular formula is C20H23FN2O3S. The summed E-state index contributed by atoms with van der Waals surface area (Å²) in [6.45, 7) is 5.07. The summed E-state index contributed by atoms with van der Waals surface area (Å²) in [6.07, 6.45) is 0. The van der Waals surface area contributed by atoms with Crippen LogP contribution in [0.5, 0.6) is 5.75 Å². The van der Waals surface area contributed by atoms with Crippen LogP contribution in [0.2, 0.25) is 0 Å². The molecule has 0 bridgehead atoms. The molecule has 2 aromatic rings. The molecule has 0 aliphatic heterocycles. The molecule has 0 saturated heterocycles. The predicted molar refractivity (Wildman–Crippen MR) is 106 cm³/mol. The average molecular weight is 390 g/mol. The van der Waals surface area contributed by atoms with E-state index in [4.69, 9.17) is 4.74 Å². The van der Waals surface area contributed by atoms with E-state index in [0.29, 0.717) is 24.5 Å². The van der Waals surface area contributed by atoms with Gasteiger partial charge in [0.15, 0.2) is 6.61 Å². The van der Waals surface area contributed by atoms with Crippen molar-refractivity contribution in [2.24, 2.45) is 0 Å². The highest BCUT2D eigenvalue weighted by molar-refractivity contribution is 8.00. The first-order chi connectivity index (χ1) is 13.0. The number of hydrogen-bond acceptors (Lipinski definition) is 4. The van der Waals surface area contributed by atoms with Crippen LogP contribution in [-0.2, 0) is 9.59 Å². The lowest BCUT2D eigenvalue weighted by Gasteiger charge is -2.18. The lowest BCUT2D eigenvalue weighted by Crippen LogP contribution is -2.34. The number of carbonyl (C=O) groups excluding carboxylic acids is 2. The van der Waals surface area contributed by atoms with Crippen molar-refractivity contribution < 1.29 is 18.7 Å². The van der Waals surface area contributed by atoms with Crippen molar-refractivity contribution in [2.45, 2.75) is 18.7 Å². The van der Waals surface area contributed by atoms with E-state index in [1.165, 1.54) is 23.9 Å². The number of anilines is 1. The fourth-order valence-electron chi connectivity index (χ4n) is 2.35. The number of amides is 2. The maximum Gasteiger partial charge on any atom is 0.260 e. The van der Waals surface area contributed by atoms with E-state index < -0.39 is 0 Å². The van der Waals surface area contributed by atoms with Gasteiger partial charge in [0.2, 0.25) is 5.91 Å². The highest BCUT2D eigenvalue weighted by Crippen LogP contribution is 2.20. The summed E-state index contributed by atoms with van der Waals surface area (Å²) in [7, 11) is 0. The third kappa shape index (κ3) is 6.94. The van der Waals surface area contributed by atoms with Gasteiger partial charge in [-0.05, 0) is 50.2 Å². The Morgan fingerprint density at radius 3 is 2.48 bits per heavy atom. The standard InChI is InChI=1S/C20H23FN2O3S/c1-3-23(4-2)20(25)13-26-17-7-5-6-16(12-17)22-19(24)14-27-18-10-8-15(21)9-11-18/h5-12H,3-4,13-14H2,1-2H3,(H,22,24). The molecule has 0 heterocycles. The monoisotopic (exact) mass is 390 g/mol. The molecule has 0 radical (unpaired) electrons. The average Bonchev–Trinajstić information content (AvgIpc) is 2.67. The molecule has 7 heteroatoms. The first-order valence-electron chi connectivity index (χ1n) is 8.70. The van der Waals surface area contributed by atoms with Crippen LogP contribution in [0.1, 0.15) is 13.8 Å². The minimum Gasteiger partial charge on any atom is -0.484 e. The van der Waals surface area contributed by atoms with E-state index >= 15 is 0 Å². The van der Waals surface area contributed by atoms with E-state index in [1.54, 1.807) is 41.3 Å². The third-order valence-electron chi connectivity index (χ3n) is 3.78. The van der Waals surface area contributed by atoms with Gasteiger partial charge in [0.1, 0.15) is 11.6 Å². The zero-order valence-electron chi connectivity index (χ0n) is 15.4. The van der Waals surface area contributed by atoms with Gasteiger partial charge in [-0.1, -0.05) is 6.07 Å². The van der Waals surface area contributed by atoms with Gasteiger partial charge < -0.3 is 15.0 Å². The molecule has 27 heavy (non-hydrogen) atoms. The Labute approximate surface area is 162 Å². The Balaban J connectivity index is 1.84. The van der Waals surface area contributed by atoms with E-state index in [0.717, 1.165) is 4.90 Å². The normalized spacial score (nSPS) is 10.3. The second kappa shape index (κ2) is 10.6. The first kappa shape index (κ1) is 20.8. The van der Waals surface area contributed by atoms with Crippen molar-refractivity contribution in [1.82, 2.24) is 4.90 Å². The maximum atomic E-state index is 12.9. The quantitative estimate of drug-likeness (QED) is 0.662. The maximum absolute atomic E-state index is 12.9. The number of thioether (sulfide) groups is 1. The van der Waals surface area contributed by atoms with Gasteiger partial charge in [0.25, 0.3) is 5.91 Å². The molecule has 0 atom stereocenters. The van der Waals surface area contributed by atoms with Crippen LogP contribution < -0.4 is 10.1 Å². The lowest BCUT2D eigenvalue weighted by atomic mass is 10.3. The number of rotatable bonds is 9.